The molecule has 0 saturated carbocycles. The van der Waals surface area contributed by atoms with Crippen molar-refractivity contribution in [3.05, 3.63) is 54.1 Å². The molecule has 7 heteroatoms. The molecule has 110 valence electrons. The Hall–Kier alpha value is -1.27. The summed E-state index contributed by atoms with van der Waals surface area (Å²) >= 11 is 0. The van der Waals surface area contributed by atoms with Crippen LogP contribution in [0.1, 0.15) is 5.56 Å². The number of benzene rings is 2. The molecule has 2 rings (SSSR count). The summed E-state index contributed by atoms with van der Waals surface area (Å²) in [6.07, 6.45) is 0. The molecule has 4 N–H and O–H groups in total. The molecule has 4 nitrogen and oxygen atoms in total. The molecular weight excluding hydrogens is 319 g/mol. The van der Waals surface area contributed by atoms with Gasteiger partial charge in [-0.05, 0) is 42.0 Å². The molecule has 0 amide bonds. The van der Waals surface area contributed by atoms with Crippen LogP contribution < -0.4 is 11.5 Å². The first kappa shape index (κ1) is 18.7. The maximum absolute atomic E-state index is 12.3. The van der Waals surface area contributed by atoms with Gasteiger partial charge in [0.2, 0.25) is 9.84 Å². The van der Waals surface area contributed by atoms with Crippen LogP contribution in [-0.2, 0) is 16.4 Å². The summed E-state index contributed by atoms with van der Waals surface area (Å²) in [6.45, 7) is 0.391. The fourth-order valence-electron chi connectivity index (χ4n) is 1.59. The largest absolute Gasteiger partial charge is 0.399 e. The van der Waals surface area contributed by atoms with E-state index in [-0.39, 0.29) is 34.6 Å². The lowest BCUT2D eigenvalue weighted by Gasteiger charge is -2.05. The van der Waals surface area contributed by atoms with Gasteiger partial charge in [-0.15, -0.1) is 24.8 Å². The molecule has 0 aromatic heterocycles. The van der Waals surface area contributed by atoms with Gasteiger partial charge >= 0.3 is 0 Å². The predicted molar refractivity (Wildman–Crippen MR) is 85.1 cm³/mol. The zero-order valence-corrected chi connectivity index (χ0v) is 13.0. The van der Waals surface area contributed by atoms with E-state index in [4.69, 9.17) is 11.5 Å². The SMILES string of the molecule is Cl.Cl.NCc1ccc(S(=O)(=O)c2ccc(N)cc2)cc1. The van der Waals surface area contributed by atoms with E-state index in [9.17, 15) is 8.42 Å². The average Bonchev–Trinajstić information content (AvgIpc) is 2.39. The second kappa shape index (κ2) is 7.50. The zero-order chi connectivity index (χ0) is 13.2. The molecule has 0 unspecified atom stereocenters. The summed E-state index contributed by atoms with van der Waals surface area (Å²) in [5.41, 5.74) is 12.4. The Balaban J connectivity index is 0.00000180. The highest BCUT2D eigenvalue weighted by Crippen LogP contribution is 2.21. The van der Waals surface area contributed by atoms with Crippen molar-refractivity contribution in [1.82, 2.24) is 0 Å². The number of hydrogen-bond acceptors (Lipinski definition) is 4. The number of rotatable bonds is 3. The van der Waals surface area contributed by atoms with Gasteiger partial charge in [0, 0.05) is 12.2 Å². The van der Waals surface area contributed by atoms with Crippen LogP contribution in [0.3, 0.4) is 0 Å². The minimum atomic E-state index is -3.48. The number of nitrogen functional groups attached to an aromatic ring is 1. The molecule has 0 radical (unpaired) electrons. The first-order valence-corrected chi connectivity index (χ1v) is 6.92. The van der Waals surface area contributed by atoms with Crippen LogP contribution in [0.25, 0.3) is 0 Å². The van der Waals surface area contributed by atoms with Gasteiger partial charge in [0.25, 0.3) is 0 Å². The average molecular weight is 335 g/mol. The van der Waals surface area contributed by atoms with Gasteiger partial charge in [-0.25, -0.2) is 8.42 Å². The first-order valence-electron chi connectivity index (χ1n) is 5.43. The minimum absolute atomic E-state index is 0. The number of anilines is 1. The van der Waals surface area contributed by atoms with Crippen LogP contribution in [0.5, 0.6) is 0 Å². The van der Waals surface area contributed by atoms with Crippen molar-refractivity contribution < 1.29 is 8.42 Å². The lowest BCUT2D eigenvalue weighted by molar-refractivity contribution is 0.596. The fourth-order valence-corrected chi connectivity index (χ4v) is 2.85. The van der Waals surface area contributed by atoms with Crippen molar-refractivity contribution in [1.29, 1.82) is 0 Å². The summed E-state index contributed by atoms with van der Waals surface area (Å²) in [4.78, 5) is 0.488. The van der Waals surface area contributed by atoms with Crippen molar-refractivity contribution in [3.63, 3.8) is 0 Å². The highest BCUT2D eigenvalue weighted by atomic mass is 35.5. The van der Waals surface area contributed by atoms with Crippen LogP contribution in [0.15, 0.2) is 58.3 Å². The second-order valence-corrected chi connectivity index (χ2v) is 5.87. The van der Waals surface area contributed by atoms with Crippen LogP contribution in [0, 0.1) is 0 Å². The summed E-state index contributed by atoms with van der Waals surface area (Å²) in [5, 5.41) is 0. The fraction of sp³-hybridized carbons (Fsp3) is 0.0769. The van der Waals surface area contributed by atoms with Gasteiger partial charge in [-0.1, -0.05) is 12.1 Å². The number of halogens is 2. The van der Waals surface area contributed by atoms with Gasteiger partial charge in [-0.2, -0.15) is 0 Å². The topological polar surface area (TPSA) is 86.2 Å². The van der Waals surface area contributed by atoms with Crippen LogP contribution in [0.4, 0.5) is 5.69 Å². The van der Waals surface area contributed by atoms with Gasteiger partial charge in [0.1, 0.15) is 0 Å². The van der Waals surface area contributed by atoms with Crippen molar-refractivity contribution >= 4 is 40.3 Å². The third kappa shape index (κ3) is 3.86. The Morgan fingerprint density at radius 3 is 1.60 bits per heavy atom. The lowest BCUT2D eigenvalue weighted by atomic mass is 10.2. The van der Waals surface area contributed by atoms with E-state index < -0.39 is 9.84 Å². The quantitative estimate of drug-likeness (QED) is 0.844. The summed E-state index contributed by atoms with van der Waals surface area (Å²) in [7, 11) is -3.48. The van der Waals surface area contributed by atoms with Crippen molar-refractivity contribution in [2.24, 2.45) is 5.73 Å². The molecule has 0 fully saturated rings. The third-order valence-corrected chi connectivity index (χ3v) is 4.45. The van der Waals surface area contributed by atoms with E-state index >= 15 is 0 Å². The summed E-state index contributed by atoms with van der Waals surface area (Å²) in [6, 6.07) is 12.7. The maximum Gasteiger partial charge on any atom is 0.206 e. The molecule has 0 aliphatic heterocycles. The van der Waals surface area contributed by atoms with Crippen LogP contribution >= 0.6 is 24.8 Å². The van der Waals surface area contributed by atoms with Gasteiger partial charge < -0.3 is 11.5 Å². The van der Waals surface area contributed by atoms with E-state index in [1.807, 2.05) is 0 Å². The van der Waals surface area contributed by atoms with E-state index in [0.717, 1.165) is 5.56 Å². The molecule has 0 heterocycles. The van der Waals surface area contributed by atoms with Crippen molar-refractivity contribution in [2.45, 2.75) is 16.3 Å². The highest BCUT2D eigenvalue weighted by molar-refractivity contribution is 7.91. The minimum Gasteiger partial charge on any atom is -0.399 e. The normalized spacial score (nSPS) is 10.2. The zero-order valence-electron chi connectivity index (χ0n) is 10.5. The standard InChI is InChI=1S/C13H14N2O2S.2ClH/c14-9-10-1-5-12(6-2-10)18(16,17)13-7-3-11(15)4-8-13;;/h1-8H,9,14-15H2;2*1H. The lowest BCUT2D eigenvalue weighted by Crippen LogP contribution is -2.03. The number of nitrogens with two attached hydrogens (primary N) is 2. The Labute approximate surface area is 130 Å². The molecular formula is C13H16Cl2N2O2S. The number of hydrogen-bond donors (Lipinski definition) is 2. The number of sulfone groups is 1. The van der Waals surface area contributed by atoms with Crippen LogP contribution in [-0.4, -0.2) is 8.42 Å². The Morgan fingerprint density at radius 2 is 1.20 bits per heavy atom. The molecule has 20 heavy (non-hydrogen) atoms. The van der Waals surface area contributed by atoms with Crippen LogP contribution in [0.2, 0.25) is 0 Å². The van der Waals surface area contributed by atoms with Crippen molar-refractivity contribution in [2.75, 3.05) is 5.73 Å². The monoisotopic (exact) mass is 334 g/mol. The highest BCUT2D eigenvalue weighted by Gasteiger charge is 2.16. The molecule has 0 bridgehead atoms. The Kier molecular flexibility index (Phi) is 7.02. The molecule has 0 atom stereocenters. The molecule has 0 aliphatic carbocycles. The molecule has 0 saturated heterocycles. The summed E-state index contributed by atoms with van der Waals surface area (Å²) < 4.78 is 24.5. The van der Waals surface area contributed by atoms with E-state index in [1.54, 1.807) is 36.4 Å². The molecule has 0 spiro atoms. The second-order valence-electron chi connectivity index (χ2n) is 3.92. The smallest absolute Gasteiger partial charge is 0.206 e. The molecule has 0 aliphatic rings. The Bertz CT molecular complexity index is 641. The van der Waals surface area contributed by atoms with Gasteiger partial charge in [-0.3, -0.25) is 0 Å². The first-order chi connectivity index (χ1) is 8.54. The third-order valence-electron chi connectivity index (χ3n) is 2.66. The van der Waals surface area contributed by atoms with Gasteiger partial charge in [0.15, 0.2) is 0 Å². The van der Waals surface area contributed by atoms with Crippen molar-refractivity contribution in [3.8, 4) is 0 Å². The molecule has 2 aromatic carbocycles. The maximum atomic E-state index is 12.3. The van der Waals surface area contributed by atoms with E-state index in [1.165, 1.54) is 12.1 Å². The predicted octanol–water partition coefficient (Wildman–Crippen LogP) is 2.40. The van der Waals surface area contributed by atoms with E-state index in [2.05, 4.69) is 0 Å². The summed E-state index contributed by atoms with van der Waals surface area (Å²) in [5.74, 6) is 0. The van der Waals surface area contributed by atoms with Gasteiger partial charge in [0.05, 0.1) is 9.79 Å². The molecule has 2 aromatic rings. The van der Waals surface area contributed by atoms with E-state index in [0.29, 0.717) is 12.2 Å². The Morgan fingerprint density at radius 1 is 0.800 bits per heavy atom.